The van der Waals surface area contributed by atoms with Gasteiger partial charge in [0, 0.05) is 13.0 Å². The molecule has 1 amide bonds. The molecule has 134 valence electrons. The number of nitrogens with two attached hydrogens (primary N) is 1. The lowest BCUT2D eigenvalue weighted by molar-refractivity contribution is -0.138. The zero-order valence-corrected chi connectivity index (χ0v) is 14.4. The molecular weight excluding hydrogens is 318 g/mol. The van der Waals surface area contributed by atoms with Gasteiger partial charge in [-0.3, -0.25) is 14.5 Å². The van der Waals surface area contributed by atoms with Crippen molar-refractivity contribution in [1.82, 2.24) is 4.90 Å². The maximum atomic E-state index is 13.4. The average Bonchev–Trinajstić information content (AvgIpc) is 2.88. The number of hydrogen-bond acceptors (Lipinski definition) is 4. The van der Waals surface area contributed by atoms with Crippen LogP contribution in [0, 0.1) is 5.92 Å². The van der Waals surface area contributed by atoms with Crippen LogP contribution in [-0.2, 0) is 15.1 Å². The Labute approximate surface area is 147 Å². The number of rotatable bonds is 6. The van der Waals surface area contributed by atoms with Crippen LogP contribution in [-0.4, -0.2) is 34.4 Å². The third-order valence-corrected chi connectivity index (χ3v) is 5.32. The topological polar surface area (TPSA) is 96.0 Å². The van der Waals surface area contributed by atoms with Crippen molar-refractivity contribution in [2.24, 2.45) is 16.6 Å². The highest BCUT2D eigenvalue weighted by Crippen LogP contribution is 2.46. The lowest BCUT2D eigenvalue weighted by Crippen LogP contribution is -2.47. The first kappa shape index (κ1) is 17.5. The minimum Gasteiger partial charge on any atom is -0.481 e. The van der Waals surface area contributed by atoms with E-state index in [1.165, 1.54) is 11.3 Å². The van der Waals surface area contributed by atoms with E-state index in [0.29, 0.717) is 13.0 Å². The summed E-state index contributed by atoms with van der Waals surface area (Å²) >= 11 is 0. The molecule has 6 nitrogen and oxygen atoms in total. The average molecular weight is 343 g/mol. The van der Waals surface area contributed by atoms with Gasteiger partial charge in [-0.25, -0.2) is 4.99 Å². The minimum absolute atomic E-state index is 0.0127. The molecule has 0 bridgehead atoms. The van der Waals surface area contributed by atoms with Gasteiger partial charge < -0.3 is 10.8 Å². The lowest BCUT2D eigenvalue weighted by atomic mass is 9.71. The van der Waals surface area contributed by atoms with Gasteiger partial charge in [0.1, 0.15) is 0 Å². The zero-order chi connectivity index (χ0) is 17.9. The molecule has 1 fully saturated rings. The van der Waals surface area contributed by atoms with E-state index >= 15 is 0 Å². The van der Waals surface area contributed by atoms with Crippen molar-refractivity contribution in [3.63, 3.8) is 0 Å². The molecule has 1 saturated carbocycles. The van der Waals surface area contributed by atoms with Gasteiger partial charge in [0.15, 0.2) is 11.5 Å². The number of benzene rings is 1. The summed E-state index contributed by atoms with van der Waals surface area (Å²) in [5, 5.41) is 8.84. The van der Waals surface area contributed by atoms with Crippen molar-refractivity contribution in [3.05, 3.63) is 35.9 Å². The van der Waals surface area contributed by atoms with E-state index in [-0.39, 0.29) is 24.2 Å². The Bertz CT molecular complexity index is 668. The van der Waals surface area contributed by atoms with Crippen molar-refractivity contribution in [2.75, 3.05) is 6.54 Å². The molecule has 0 aromatic heterocycles. The Morgan fingerprint density at radius 3 is 2.56 bits per heavy atom. The Morgan fingerprint density at radius 1 is 1.24 bits per heavy atom. The number of hydrogen-bond donors (Lipinski definition) is 2. The van der Waals surface area contributed by atoms with Gasteiger partial charge in [-0.15, -0.1) is 0 Å². The number of carbonyl (C=O) groups excluding carboxylic acids is 1. The summed E-state index contributed by atoms with van der Waals surface area (Å²) in [6.45, 7) is 0.293. The maximum absolute atomic E-state index is 13.4. The van der Waals surface area contributed by atoms with Gasteiger partial charge in [-0.1, -0.05) is 49.6 Å². The summed E-state index contributed by atoms with van der Waals surface area (Å²) in [5.41, 5.74) is 6.05. The molecule has 1 heterocycles. The summed E-state index contributed by atoms with van der Waals surface area (Å²) in [7, 11) is 0. The van der Waals surface area contributed by atoms with Gasteiger partial charge in [-0.05, 0) is 30.7 Å². The third kappa shape index (κ3) is 3.25. The molecule has 2 aliphatic rings. The molecule has 1 aromatic rings. The molecule has 1 aliphatic carbocycles. The minimum atomic E-state index is -0.949. The van der Waals surface area contributed by atoms with Gasteiger partial charge >= 0.3 is 5.97 Å². The molecule has 0 saturated heterocycles. The fourth-order valence-corrected chi connectivity index (χ4v) is 4.11. The van der Waals surface area contributed by atoms with E-state index < -0.39 is 11.5 Å². The van der Waals surface area contributed by atoms with E-state index in [9.17, 15) is 9.59 Å². The Morgan fingerprint density at radius 2 is 1.92 bits per heavy atom. The second-order valence-corrected chi connectivity index (χ2v) is 6.89. The molecular formula is C19H25N3O3. The number of carbonyl (C=O) groups is 2. The molecule has 3 N–H and O–H groups in total. The number of aliphatic carboxylic acids is 1. The van der Waals surface area contributed by atoms with E-state index in [1.807, 2.05) is 30.3 Å². The molecule has 1 unspecified atom stereocenters. The summed E-state index contributed by atoms with van der Waals surface area (Å²) < 4.78 is 0. The number of nitrogens with zero attached hydrogens (tertiary/aromatic N) is 2. The van der Waals surface area contributed by atoms with Gasteiger partial charge in [0.2, 0.25) is 0 Å². The SMILES string of the molecule is NC1=NC(c2ccccc2)(C2CCCCC2)C(=O)N1CCCC(=O)O. The number of carboxylic acids is 1. The first-order chi connectivity index (χ1) is 12.1. The van der Waals surface area contributed by atoms with Crippen LogP contribution in [0.15, 0.2) is 35.3 Å². The summed E-state index contributed by atoms with van der Waals surface area (Å²) in [6, 6.07) is 9.67. The van der Waals surface area contributed by atoms with Crippen LogP contribution < -0.4 is 5.73 Å². The van der Waals surface area contributed by atoms with Crippen molar-refractivity contribution >= 4 is 17.8 Å². The van der Waals surface area contributed by atoms with E-state index in [0.717, 1.165) is 31.2 Å². The van der Waals surface area contributed by atoms with Gasteiger partial charge in [-0.2, -0.15) is 0 Å². The summed E-state index contributed by atoms with van der Waals surface area (Å²) in [4.78, 5) is 30.3. The molecule has 1 aromatic carbocycles. The molecule has 0 radical (unpaired) electrons. The third-order valence-electron chi connectivity index (χ3n) is 5.32. The fourth-order valence-electron chi connectivity index (χ4n) is 4.11. The quantitative estimate of drug-likeness (QED) is 0.829. The van der Waals surface area contributed by atoms with Crippen molar-refractivity contribution < 1.29 is 14.7 Å². The van der Waals surface area contributed by atoms with Crippen LogP contribution in [0.1, 0.15) is 50.5 Å². The van der Waals surface area contributed by atoms with E-state index in [1.54, 1.807) is 0 Å². The predicted molar refractivity (Wildman–Crippen MR) is 94.9 cm³/mol. The van der Waals surface area contributed by atoms with Gasteiger partial charge in [0.25, 0.3) is 5.91 Å². The second-order valence-electron chi connectivity index (χ2n) is 6.89. The van der Waals surface area contributed by atoms with Gasteiger partial charge in [0.05, 0.1) is 0 Å². The predicted octanol–water partition coefficient (Wildman–Crippen LogP) is 2.48. The number of guanidine groups is 1. The molecule has 0 spiro atoms. The molecule has 3 rings (SSSR count). The van der Waals surface area contributed by atoms with E-state index in [2.05, 4.69) is 0 Å². The van der Waals surface area contributed by atoms with Crippen LogP contribution in [0.5, 0.6) is 0 Å². The Balaban J connectivity index is 1.92. The number of aliphatic imine (C=N–C) groups is 1. The highest BCUT2D eigenvalue weighted by atomic mass is 16.4. The normalized spacial score (nSPS) is 24.4. The molecule has 1 aliphatic heterocycles. The summed E-state index contributed by atoms with van der Waals surface area (Å²) in [5.74, 6) is -0.624. The standard InChI is InChI=1S/C19H25N3O3/c20-18-21-19(14-8-3-1-4-9-14,15-10-5-2-6-11-15)17(25)22(18)13-7-12-16(23)24/h1,3-4,8-9,15H,2,5-7,10-13H2,(H2,20,21)(H,23,24). The largest absolute Gasteiger partial charge is 0.481 e. The highest BCUT2D eigenvalue weighted by molar-refractivity contribution is 6.07. The highest BCUT2D eigenvalue weighted by Gasteiger charge is 2.53. The van der Waals surface area contributed by atoms with Crippen molar-refractivity contribution in [2.45, 2.75) is 50.5 Å². The van der Waals surface area contributed by atoms with Crippen molar-refractivity contribution in [3.8, 4) is 0 Å². The Hall–Kier alpha value is -2.37. The van der Waals surface area contributed by atoms with Crippen molar-refractivity contribution in [1.29, 1.82) is 0 Å². The first-order valence-electron chi connectivity index (χ1n) is 9.00. The number of carboxylic acid groups (broad SMARTS) is 1. The number of amides is 1. The fraction of sp³-hybridized carbons (Fsp3) is 0.526. The Kier molecular flexibility index (Phi) is 5.06. The lowest BCUT2D eigenvalue weighted by Gasteiger charge is -2.36. The van der Waals surface area contributed by atoms with Crippen LogP contribution >= 0.6 is 0 Å². The van der Waals surface area contributed by atoms with Crippen LogP contribution in [0.4, 0.5) is 0 Å². The molecule has 6 heteroatoms. The zero-order valence-electron chi connectivity index (χ0n) is 14.4. The monoisotopic (exact) mass is 343 g/mol. The first-order valence-corrected chi connectivity index (χ1v) is 9.00. The van der Waals surface area contributed by atoms with Crippen LogP contribution in [0.2, 0.25) is 0 Å². The summed E-state index contributed by atoms with van der Waals surface area (Å²) in [6.07, 6.45) is 5.69. The van der Waals surface area contributed by atoms with E-state index in [4.69, 9.17) is 15.8 Å². The van der Waals surface area contributed by atoms with Crippen LogP contribution in [0.25, 0.3) is 0 Å². The molecule has 25 heavy (non-hydrogen) atoms. The second kappa shape index (κ2) is 7.25. The molecule has 1 atom stereocenters. The maximum Gasteiger partial charge on any atom is 0.303 e. The van der Waals surface area contributed by atoms with Crippen LogP contribution in [0.3, 0.4) is 0 Å². The smallest absolute Gasteiger partial charge is 0.303 e.